The number of benzene rings is 1. The maximum absolute atomic E-state index is 12.6. The predicted molar refractivity (Wildman–Crippen MR) is 107 cm³/mol. The van der Waals surface area contributed by atoms with E-state index in [1.807, 2.05) is 0 Å². The number of urea groups is 1. The number of rotatable bonds is 4. The Labute approximate surface area is 166 Å². The Bertz CT molecular complexity index is 936. The number of nitrogens with one attached hydrogen (secondary N) is 1. The Morgan fingerprint density at radius 3 is 2.61 bits per heavy atom. The maximum atomic E-state index is 12.6. The quantitative estimate of drug-likeness (QED) is 0.768. The Kier molecular flexibility index (Phi) is 5.59. The van der Waals surface area contributed by atoms with Crippen LogP contribution in [0.2, 0.25) is 0 Å². The number of thioether (sulfide) groups is 1. The molecule has 1 unspecified atom stereocenters. The van der Waals surface area contributed by atoms with E-state index in [9.17, 15) is 14.4 Å². The van der Waals surface area contributed by atoms with Gasteiger partial charge in [-0.15, -0.1) is 0 Å². The van der Waals surface area contributed by atoms with Gasteiger partial charge in [-0.2, -0.15) is 9.48 Å². The summed E-state index contributed by atoms with van der Waals surface area (Å²) in [6.45, 7) is 1.68. The third-order valence-corrected chi connectivity index (χ3v) is 5.30. The van der Waals surface area contributed by atoms with Gasteiger partial charge in [-0.05, 0) is 24.3 Å². The zero-order chi connectivity index (χ0) is 20.4. The summed E-state index contributed by atoms with van der Waals surface area (Å²) in [5.41, 5.74) is 0.640. The smallest absolute Gasteiger partial charge is 0.445 e. The summed E-state index contributed by atoms with van der Waals surface area (Å²) in [4.78, 5) is 46.7. The van der Waals surface area contributed by atoms with Crippen LogP contribution < -0.4 is 10.1 Å². The molecule has 1 atom stereocenters. The van der Waals surface area contributed by atoms with Crippen LogP contribution in [0, 0.1) is 5.92 Å². The molecule has 2 aliphatic rings. The van der Waals surface area contributed by atoms with Crippen LogP contribution in [0.15, 0.2) is 34.3 Å². The van der Waals surface area contributed by atoms with Gasteiger partial charge in [0.25, 0.3) is 5.84 Å². The van der Waals surface area contributed by atoms with Gasteiger partial charge in [0.15, 0.2) is 5.92 Å². The van der Waals surface area contributed by atoms with E-state index in [0.29, 0.717) is 28.2 Å². The average Bonchev–Trinajstić information content (AvgIpc) is 2.69. The number of aliphatic imine (C=N–C) groups is 2. The first kappa shape index (κ1) is 19.7. The molecule has 0 radical (unpaired) electrons. The van der Waals surface area contributed by atoms with Crippen molar-refractivity contribution in [3.05, 3.63) is 24.3 Å². The minimum atomic E-state index is -0.782. The zero-order valence-electron chi connectivity index (χ0n) is 15.9. The molecule has 3 rings (SSSR count). The first-order chi connectivity index (χ1) is 13.3. The SMILES string of the molecule is COc1ccc(NC(=O)CSC2=NC(C)=NC3=[N+](C)C(=O)N(C)C(=O)C23)cc1. The first-order valence-corrected chi connectivity index (χ1v) is 9.43. The number of ether oxygens (including phenoxy) is 1. The van der Waals surface area contributed by atoms with Gasteiger partial charge in [-0.1, -0.05) is 16.8 Å². The minimum absolute atomic E-state index is 0.0660. The molecule has 0 spiro atoms. The number of fused-ring (bicyclic) bond motifs is 1. The fourth-order valence-electron chi connectivity index (χ4n) is 2.81. The topological polar surface area (TPSA) is 103 Å². The van der Waals surface area contributed by atoms with Gasteiger partial charge in [-0.3, -0.25) is 9.59 Å². The highest BCUT2D eigenvalue weighted by Crippen LogP contribution is 2.25. The summed E-state index contributed by atoms with van der Waals surface area (Å²) >= 11 is 1.16. The maximum Gasteiger partial charge on any atom is 0.445 e. The molecule has 2 aliphatic heterocycles. The fraction of sp³-hybridized carbons (Fsp3) is 0.333. The van der Waals surface area contributed by atoms with E-state index >= 15 is 0 Å². The summed E-state index contributed by atoms with van der Waals surface area (Å²) in [7, 11) is 4.55. The monoisotopic (exact) mass is 402 g/mol. The number of carbonyl (C=O) groups is 3. The predicted octanol–water partition coefficient (Wildman–Crippen LogP) is 1.45. The summed E-state index contributed by atoms with van der Waals surface area (Å²) in [6, 6.07) is 6.53. The van der Waals surface area contributed by atoms with E-state index < -0.39 is 17.9 Å². The number of amides is 4. The summed E-state index contributed by atoms with van der Waals surface area (Å²) in [5.74, 6) is 0.101. The van der Waals surface area contributed by atoms with Crippen LogP contribution in [0.5, 0.6) is 5.75 Å². The van der Waals surface area contributed by atoms with E-state index in [0.717, 1.165) is 16.7 Å². The standard InChI is InChI=1S/C18H19N5O4S/c1-10-19-15-14(17(25)23(3)18(26)22(15)2)16(20-10)28-9-13(24)21-11-5-7-12(27-4)8-6-11/h5-8,14H,9H2,1-4H3/p+1. The lowest BCUT2D eigenvalue weighted by molar-refractivity contribution is -0.407. The van der Waals surface area contributed by atoms with E-state index in [-0.39, 0.29) is 11.7 Å². The number of hydrogen-bond donors (Lipinski definition) is 1. The van der Waals surface area contributed by atoms with E-state index in [1.165, 1.54) is 11.6 Å². The van der Waals surface area contributed by atoms with Gasteiger partial charge in [0.2, 0.25) is 11.7 Å². The normalized spacial score (nSPS) is 19.1. The molecule has 28 heavy (non-hydrogen) atoms. The Morgan fingerprint density at radius 1 is 1.29 bits per heavy atom. The van der Waals surface area contributed by atoms with Crippen LogP contribution in [0.1, 0.15) is 6.92 Å². The zero-order valence-corrected chi connectivity index (χ0v) is 16.7. The van der Waals surface area contributed by atoms with Crippen molar-refractivity contribution in [2.24, 2.45) is 15.9 Å². The molecule has 0 saturated carbocycles. The molecule has 0 aromatic heterocycles. The van der Waals surface area contributed by atoms with Gasteiger partial charge in [0.05, 0.1) is 27.0 Å². The van der Waals surface area contributed by atoms with Crippen molar-refractivity contribution in [3.63, 3.8) is 0 Å². The van der Waals surface area contributed by atoms with Crippen molar-refractivity contribution in [1.29, 1.82) is 0 Å². The number of methoxy groups -OCH3 is 1. The van der Waals surface area contributed by atoms with E-state index in [2.05, 4.69) is 15.3 Å². The van der Waals surface area contributed by atoms with Crippen LogP contribution in [0.4, 0.5) is 10.5 Å². The Hall–Kier alpha value is -3.01. The summed E-state index contributed by atoms with van der Waals surface area (Å²) < 4.78 is 6.42. The molecule has 0 saturated heterocycles. The molecule has 10 heteroatoms. The van der Waals surface area contributed by atoms with Crippen LogP contribution in [0.3, 0.4) is 0 Å². The highest BCUT2D eigenvalue weighted by molar-refractivity contribution is 8.14. The lowest BCUT2D eigenvalue weighted by Crippen LogP contribution is -2.54. The largest absolute Gasteiger partial charge is 0.497 e. The minimum Gasteiger partial charge on any atom is -0.497 e. The number of nitrogens with zero attached hydrogens (tertiary/aromatic N) is 4. The summed E-state index contributed by atoms with van der Waals surface area (Å²) in [6.07, 6.45) is 0. The molecule has 1 N–H and O–H groups in total. The highest BCUT2D eigenvalue weighted by atomic mass is 32.2. The van der Waals surface area contributed by atoms with Gasteiger partial charge < -0.3 is 10.1 Å². The number of imide groups is 1. The van der Waals surface area contributed by atoms with Gasteiger partial charge in [0.1, 0.15) is 10.8 Å². The second-order valence-electron chi connectivity index (χ2n) is 6.20. The van der Waals surface area contributed by atoms with Crippen LogP contribution >= 0.6 is 11.8 Å². The molecule has 0 bridgehead atoms. The highest BCUT2D eigenvalue weighted by Gasteiger charge is 2.48. The van der Waals surface area contributed by atoms with Crippen molar-refractivity contribution in [1.82, 2.24) is 4.90 Å². The average molecular weight is 402 g/mol. The third-order valence-electron chi connectivity index (χ3n) is 4.27. The van der Waals surface area contributed by atoms with Gasteiger partial charge in [-0.25, -0.2) is 9.79 Å². The van der Waals surface area contributed by atoms with Crippen molar-refractivity contribution in [2.45, 2.75) is 6.92 Å². The first-order valence-electron chi connectivity index (χ1n) is 8.44. The molecule has 0 fully saturated rings. The molecule has 9 nitrogen and oxygen atoms in total. The fourth-order valence-corrected chi connectivity index (χ4v) is 3.73. The molecule has 146 valence electrons. The summed E-state index contributed by atoms with van der Waals surface area (Å²) in [5, 5.41) is 3.23. The van der Waals surface area contributed by atoms with Crippen molar-refractivity contribution in [3.8, 4) is 5.75 Å². The number of carbonyl (C=O) groups excluding carboxylic acids is 3. The number of hydrogen-bond acceptors (Lipinski definition) is 7. The molecule has 0 aliphatic carbocycles. The van der Waals surface area contributed by atoms with Crippen molar-refractivity contribution >= 4 is 52.0 Å². The second-order valence-corrected chi connectivity index (χ2v) is 7.20. The molecular formula is C18H20N5O4S+. The third kappa shape index (κ3) is 3.81. The molecule has 1 aromatic carbocycles. The lowest BCUT2D eigenvalue weighted by atomic mass is 10.1. The van der Waals surface area contributed by atoms with E-state index in [4.69, 9.17) is 4.74 Å². The van der Waals surface area contributed by atoms with E-state index in [1.54, 1.807) is 45.3 Å². The molecule has 1 aromatic rings. The van der Waals surface area contributed by atoms with Crippen LogP contribution in [-0.2, 0) is 9.59 Å². The second kappa shape index (κ2) is 7.93. The van der Waals surface area contributed by atoms with Crippen molar-refractivity contribution in [2.75, 3.05) is 32.3 Å². The van der Waals surface area contributed by atoms with Crippen LogP contribution in [0.25, 0.3) is 0 Å². The Balaban J connectivity index is 1.72. The van der Waals surface area contributed by atoms with Crippen LogP contribution in [-0.4, -0.2) is 71.0 Å². The Morgan fingerprint density at radius 2 is 1.96 bits per heavy atom. The molecular weight excluding hydrogens is 382 g/mol. The van der Waals surface area contributed by atoms with Gasteiger partial charge >= 0.3 is 11.9 Å². The number of anilines is 1. The lowest BCUT2D eigenvalue weighted by Gasteiger charge is -2.26. The molecule has 4 amide bonds. The molecule has 2 heterocycles. The van der Waals surface area contributed by atoms with Gasteiger partial charge in [0, 0.05) is 12.6 Å². The van der Waals surface area contributed by atoms with Crippen molar-refractivity contribution < 1.29 is 23.7 Å². The number of amidine groups is 2.